The van der Waals surface area contributed by atoms with E-state index in [9.17, 15) is 0 Å². The molecule has 0 aliphatic rings. The minimum absolute atomic E-state index is 0.205. The van der Waals surface area contributed by atoms with E-state index in [4.69, 9.17) is 10.5 Å². The summed E-state index contributed by atoms with van der Waals surface area (Å²) in [7, 11) is 1.72. The van der Waals surface area contributed by atoms with E-state index < -0.39 is 0 Å². The van der Waals surface area contributed by atoms with Gasteiger partial charge in [-0.1, -0.05) is 6.07 Å². The summed E-state index contributed by atoms with van der Waals surface area (Å²) in [5, 5.41) is 0. The van der Waals surface area contributed by atoms with Crippen molar-refractivity contribution >= 4 is 0 Å². The Bertz CT molecular complexity index is 356. The highest BCUT2D eigenvalue weighted by Gasteiger charge is 2.11. The molecule has 0 aromatic heterocycles. The van der Waals surface area contributed by atoms with Crippen LogP contribution in [0.1, 0.15) is 29.2 Å². The minimum Gasteiger partial charge on any atom is -0.496 e. The lowest BCUT2D eigenvalue weighted by Crippen LogP contribution is -2.18. The zero-order chi connectivity index (χ0) is 11.6. The molecule has 2 nitrogen and oxygen atoms in total. The molecule has 0 aliphatic heterocycles. The maximum absolute atomic E-state index is 5.83. The predicted molar refractivity (Wildman–Crippen MR) is 64.6 cm³/mol. The molecule has 2 heteroatoms. The lowest BCUT2D eigenvalue weighted by atomic mass is 9.95. The fourth-order valence-electron chi connectivity index (χ4n) is 2.02. The predicted octanol–water partition coefficient (Wildman–Crippen LogP) is 2.51. The van der Waals surface area contributed by atoms with E-state index in [2.05, 4.69) is 26.8 Å². The number of benzene rings is 1. The van der Waals surface area contributed by atoms with E-state index in [0.717, 1.165) is 12.2 Å². The number of aryl methyl sites for hydroxylation is 1. The molecule has 0 saturated carbocycles. The number of hydrogen-bond acceptors (Lipinski definition) is 2. The highest BCUT2D eigenvalue weighted by atomic mass is 16.5. The molecule has 84 valence electrons. The molecule has 1 aromatic carbocycles. The Morgan fingerprint density at radius 1 is 1.27 bits per heavy atom. The summed E-state index contributed by atoms with van der Waals surface area (Å²) >= 11 is 0. The van der Waals surface area contributed by atoms with Gasteiger partial charge in [-0.15, -0.1) is 0 Å². The molecule has 0 fully saturated rings. The first kappa shape index (κ1) is 12.1. The average molecular weight is 207 g/mol. The molecule has 1 aromatic rings. The van der Waals surface area contributed by atoms with Gasteiger partial charge in [0.25, 0.3) is 0 Å². The van der Waals surface area contributed by atoms with Crippen LogP contribution in [0.25, 0.3) is 0 Å². The van der Waals surface area contributed by atoms with Crippen molar-refractivity contribution in [2.24, 2.45) is 5.73 Å². The molecule has 0 bridgehead atoms. The van der Waals surface area contributed by atoms with Gasteiger partial charge in [-0.2, -0.15) is 0 Å². The Balaban J connectivity index is 3.21. The zero-order valence-corrected chi connectivity index (χ0v) is 10.3. The molecular formula is C13H21NO. The van der Waals surface area contributed by atoms with Crippen LogP contribution in [0.2, 0.25) is 0 Å². The second-order valence-corrected chi connectivity index (χ2v) is 4.32. The first-order chi connectivity index (χ1) is 6.97. The fourth-order valence-corrected chi connectivity index (χ4v) is 2.02. The maximum atomic E-state index is 5.83. The monoisotopic (exact) mass is 207 g/mol. The molecule has 0 saturated heterocycles. The van der Waals surface area contributed by atoms with Crippen LogP contribution in [0, 0.1) is 20.8 Å². The van der Waals surface area contributed by atoms with Crippen molar-refractivity contribution in [1.82, 2.24) is 0 Å². The quantitative estimate of drug-likeness (QED) is 0.826. The van der Waals surface area contributed by atoms with Gasteiger partial charge in [0.05, 0.1) is 7.11 Å². The van der Waals surface area contributed by atoms with Gasteiger partial charge in [0.1, 0.15) is 5.75 Å². The Hall–Kier alpha value is -1.02. The second kappa shape index (κ2) is 4.67. The summed E-state index contributed by atoms with van der Waals surface area (Å²) in [5.74, 6) is 1.00. The van der Waals surface area contributed by atoms with Crippen LogP contribution >= 0.6 is 0 Å². The largest absolute Gasteiger partial charge is 0.496 e. The topological polar surface area (TPSA) is 35.2 Å². The summed E-state index contributed by atoms with van der Waals surface area (Å²) in [6.45, 7) is 8.35. The molecule has 15 heavy (non-hydrogen) atoms. The van der Waals surface area contributed by atoms with Gasteiger partial charge >= 0.3 is 0 Å². The summed E-state index contributed by atoms with van der Waals surface area (Å²) in [5.41, 5.74) is 10.9. The molecule has 2 N–H and O–H groups in total. The van der Waals surface area contributed by atoms with Gasteiger partial charge in [-0.3, -0.25) is 0 Å². The molecule has 1 unspecified atom stereocenters. The molecule has 0 amide bonds. The van der Waals surface area contributed by atoms with Crippen LogP contribution in [0.5, 0.6) is 5.75 Å². The fraction of sp³-hybridized carbons (Fsp3) is 0.538. The molecule has 0 radical (unpaired) electrons. The van der Waals surface area contributed by atoms with Crippen LogP contribution in [0.15, 0.2) is 6.07 Å². The first-order valence-electron chi connectivity index (χ1n) is 5.36. The summed E-state index contributed by atoms with van der Waals surface area (Å²) < 4.78 is 5.39. The van der Waals surface area contributed by atoms with Gasteiger partial charge in [0.15, 0.2) is 0 Å². The molecule has 1 rings (SSSR count). The third-order valence-electron chi connectivity index (χ3n) is 2.88. The first-order valence-corrected chi connectivity index (χ1v) is 5.36. The van der Waals surface area contributed by atoms with E-state index in [0.29, 0.717) is 0 Å². The third-order valence-corrected chi connectivity index (χ3v) is 2.88. The molecular weight excluding hydrogens is 186 g/mol. The van der Waals surface area contributed by atoms with Gasteiger partial charge in [0, 0.05) is 6.04 Å². The van der Waals surface area contributed by atoms with E-state index in [1.807, 2.05) is 6.92 Å². The number of hydrogen-bond donors (Lipinski definition) is 1. The average Bonchev–Trinajstić information content (AvgIpc) is 2.14. The van der Waals surface area contributed by atoms with Crippen molar-refractivity contribution in [3.63, 3.8) is 0 Å². The minimum atomic E-state index is 0.205. The van der Waals surface area contributed by atoms with Crippen LogP contribution < -0.4 is 10.5 Å². The highest BCUT2D eigenvalue weighted by molar-refractivity contribution is 5.49. The second-order valence-electron chi connectivity index (χ2n) is 4.32. The van der Waals surface area contributed by atoms with Gasteiger partial charge in [-0.25, -0.2) is 0 Å². The van der Waals surface area contributed by atoms with E-state index in [1.54, 1.807) is 7.11 Å². The summed E-state index contributed by atoms with van der Waals surface area (Å²) in [6, 6.07) is 2.39. The van der Waals surface area contributed by atoms with E-state index in [1.165, 1.54) is 22.3 Å². The Morgan fingerprint density at radius 2 is 1.87 bits per heavy atom. The normalized spacial score (nSPS) is 12.7. The van der Waals surface area contributed by atoms with Crippen LogP contribution in [-0.4, -0.2) is 13.2 Å². The smallest absolute Gasteiger partial charge is 0.124 e. The van der Waals surface area contributed by atoms with E-state index >= 15 is 0 Å². The highest BCUT2D eigenvalue weighted by Crippen LogP contribution is 2.28. The van der Waals surface area contributed by atoms with Crippen LogP contribution in [0.4, 0.5) is 0 Å². The van der Waals surface area contributed by atoms with Gasteiger partial charge in [-0.05, 0) is 56.4 Å². The zero-order valence-electron chi connectivity index (χ0n) is 10.3. The Morgan fingerprint density at radius 3 is 2.33 bits per heavy atom. The summed E-state index contributed by atoms with van der Waals surface area (Å²) in [6.07, 6.45) is 0.928. The number of methoxy groups -OCH3 is 1. The number of nitrogens with two attached hydrogens (primary N) is 1. The van der Waals surface area contributed by atoms with Gasteiger partial charge in [0.2, 0.25) is 0 Å². The van der Waals surface area contributed by atoms with Crippen molar-refractivity contribution in [2.75, 3.05) is 7.11 Å². The van der Waals surface area contributed by atoms with Crippen LogP contribution in [-0.2, 0) is 6.42 Å². The standard InChI is InChI=1S/C13H21NO/c1-8-6-12(7-9(2)14)10(3)11(4)13(8)15-5/h6,9H,7,14H2,1-5H3. The Labute approximate surface area is 92.4 Å². The molecule has 0 aliphatic carbocycles. The van der Waals surface area contributed by atoms with Crippen molar-refractivity contribution in [2.45, 2.75) is 40.2 Å². The van der Waals surface area contributed by atoms with Crippen molar-refractivity contribution in [3.8, 4) is 5.75 Å². The third kappa shape index (κ3) is 2.51. The lowest BCUT2D eigenvalue weighted by molar-refractivity contribution is 0.408. The number of rotatable bonds is 3. The molecule has 1 atom stereocenters. The van der Waals surface area contributed by atoms with Crippen molar-refractivity contribution in [3.05, 3.63) is 28.3 Å². The van der Waals surface area contributed by atoms with Crippen LogP contribution in [0.3, 0.4) is 0 Å². The lowest BCUT2D eigenvalue weighted by Gasteiger charge is -2.16. The van der Waals surface area contributed by atoms with Crippen molar-refractivity contribution < 1.29 is 4.74 Å². The van der Waals surface area contributed by atoms with E-state index in [-0.39, 0.29) is 6.04 Å². The summed E-state index contributed by atoms with van der Waals surface area (Å²) in [4.78, 5) is 0. The number of ether oxygens (including phenoxy) is 1. The molecule has 0 heterocycles. The molecule has 0 spiro atoms. The Kier molecular flexibility index (Phi) is 3.75. The van der Waals surface area contributed by atoms with Gasteiger partial charge < -0.3 is 10.5 Å². The van der Waals surface area contributed by atoms with Crippen molar-refractivity contribution in [1.29, 1.82) is 0 Å². The maximum Gasteiger partial charge on any atom is 0.124 e. The SMILES string of the molecule is COc1c(C)cc(CC(C)N)c(C)c1C.